The third kappa shape index (κ3) is 3.48. The third-order valence-electron chi connectivity index (χ3n) is 3.09. The van der Waals surface area contributed by atoms with E-state index in [9.17, 15) is 4.79 Å². The lowest BCUT2D eigenvalue weighted by Crippen LogP contribution is -2.10. The zero-order chi connectivity index (χ0) is 14.4. The van der Waals surface area contributed by atoms with Crippen LogP contribution in [0.5, 0.6) is 5.75 Å². The minimum Gasteiger partial charge on any atom is -0.489 e. The third-order valence-corrected chi connectivity index (χ3v) is 3.09. The van der Waals surface area contributed by atoms with Gasteiger partial charge in [0.1, 0.15) is 12.4 Å². The first-order valence-electron chi connectivity index (χ1n) is 6.33. The summed E-state index contributed by atoms with van der Waals surface area (Å²) in [6.07, 6.45) is 5.15. The van der Waals surface area contributed by atoms with Gasteiger partial charge >= 0.3 is 5.97 Å². The van der Waals surface area contributed by atoms with Crippen LogP contribution in [0.4, 0.5) is 0 Å². The number of ether oxygens (including phenoxy) is 2. The van der Waals surface area contributed by atoms with Gasteiger partial charge in [-0.3, -0.25) is 0 Å². The van der Waals surface area contributed by atoms with Crippen molar-refractivity contribution in [2.45, 2.75) is 12.8 Å². The molecule has 0 bridgehead atoms. The van der Waals surface area contributed by atoms with Crippen molar-refractivity contribution < 1.29 is 14.3 Å². The molecule has 0 radical (unpaired) electrons. The van der Waals surface area contributed by atoms with Crippen molar-refractivity contribution in [3.63, 3.8) is 0 Å². The van der Waals surface area contributed by atoms with E-state index in [4.69, 9.17) is 10.00 Å². The zero-order valence-corrected chi connectivity index (χ0v) is 11.3. The van der Waals surface area contributed by atoms with Gasteiger partial charge < -0.3 is 9.47 Å². The van der Waals surface area contributed by atoms with E-state index in [-0.39, 0.29) is 5.97 Å². The van der Waals surface area contributed by atoms with E-state index in [0.29, 0.717) is 24.2 Å². The number of allylic oxidation sites excluding steroid dienone is 2. The van der Waals surface area contributed by atoms with Crippen LogP contribution in [0.3, 0.4) is 0 Å². The molecule has 0 aliphatic heterocycles. The molecule has 0 saturated carbocycles. The average molecular weight is 269 g/mol. The SMILES string of the molecule is COC(=O)C1=CC=C(COc2ccc(C#N)cc2)CC1. The second-order valence-electron chi connectivity index (χ2n) is 4.43. The highest BCUT2D eigenvalue weighted by molar-refractivity contribution is 5.89. The second kappa shape index (κ2) is 6.58. The predicted octanol–water partition coefficient (Wildman–Crippen LogP) is 2.76. The molecule has 1 aliphatic carbocycles. The number of benzene rings is 1. The number of carbonyl (C=O) groups excluding carboxylic acids is 1. The Morgan fingerprint density at radius 1 is 1.25 bits per heavy atom. The van der Waals surface area contributed by atoms with Gasteiger partial charge in [0.2, 0.25) is 0 Å². The summed E-state index contributed by atoms with van der Waals surface area (Å²) < 4.78 is 10.3. The highest BCUT2D eigenvalue weighted by Gasteiger charge is 2.13. The first-order chi connectivity index (χ1) is 9.72. The van der Waals surface area contributed by atoms with Crippen molar-refractivity contribution in [3.05, 3.63) is 53.1 Å². The molecular formula is C16H15NO3. The van der Waals surface area contributed by atoms with Crippen molar-refractivity contribution in [2.75, 3.05) is 13.7 Å². The van der Waals surface area contributed by atoms with Crippen molar-refractivity contribution in [1.82, 2.24) is 0 Å². The lowest BCUT2D eigenvalue weighted by molar-refractivity contribution is -0.136. The van der Waals surface area contributed by atoms with E-state index in [2.05, 4.69) is 10.8 Å². The highest BCUT2D eigenvalue weighted by Crippen LogP contribution is 2.20. The van der Waals surface area contributed by atoms with E-state index < -0.39 is 0 Å². The molecule has 0 heterocycles. The number of rotatable bonds is 4. The van der Waals surface area contributed by atoms with Gasteiger partial charge in [0.05, 0.1) is 18.7 Å². The lowest BCUT2D eigenvalue weighted by Gasteiger charge is -2.14. The number of esters is 1. The molecule has 0 spiro atoms. The number of nitriles is 1. The monoisotopic (exact) mass is 269 g/mol. The van der Waals surface area contributed by atoms with Crippen LogP contribution in [-0.2, 0) is 9.53 Å². The number of nitrogens with zero attached hydrogens (tertiary/aromatic N) is 1. The smallest absolute Gasteiger partial charge is 0.333 e. The quantitative estimate of drug-likeness (QED) is 0.788. The molecule has 0 amide bonds. The topological polar surface area (TPSA) is 59.3 Å². The van der Waals surface area contributed by atoms with Gasteiger partial charge in [-0.1, -0.05) is 12.2 Å². The Hall–Kier alpha value is -2.54. The van der Waals surface area contributed by atoms with Crippen LogP contribution in [-0.4, -0.2) is 19.7 Å². The number of hydrogen-bond acceptors (Lipinski definition) is 4. The van der Waals surface area contributed by atoms with E-state index in [1.165, 1.54) is 7.11 Å². The normalized spacial score (nSPS) is 13.8. The average Bonchev–Trinajstić information content (AvgIpc) is 2.53. The molecular weight excluding hydrogens is 254 g/mol. The number of methoxy groups -OCH3 is 1. The standard InChI is InChI=1S/C16H15NO3/c1-19-16(18)14-6-2-13(3-7-14)11-20-15-8-4-12(10-17)5-9-15/h2,4-6,8-9H,3,7,11H2,1H3. The Balaban J connectivity index is 1.92. The van der Waals surface area contributed by atoms with Gasteiger partial charge in [-0.25, -0.2) is 4.79 Å². The zero-order valence-electron chi connectivity index (χ0n) is 11.3. The Kier molecular flexibility index (Phi) is 4.56. The maximum atomic E-state index is 11.3. The molecule has 102 valence electrons. The summed E-state index contributed by atoms with van der Waals surface area (Å²) in [6.45, 7) is 0.483. The van der Waals surface area contributed by atoms with Crippen LogP contribution >= 0.6 is 0 Å². The van der Waals surface area contributed by atoms with Crippen molar-refractivity contribution in [1.29, 1.82) is 5.26 Å². The Labute approximate surface area is 117 Å². The minimum absolute atomic E-state index is 0.270. The maximum absolute atomic E-state index is 11.3. The van der Waals surface area contributed by atoms with Crippen LogP contribution in [0.25, 0.3) is 0 Å². The van der Waals surface area contributed by atoms with Crippen molar-refractivity contribution in [3.8, 4) is 11.8 Å². The van der Waals surface area contributed by atoms with Crippen molar-refractivity contribution in [2.24, 2.45) is 0 Å². The van der Waals surface area contributed by atoms with E-state index in [0.717, 1.165) is 17.7 Å². The molecule has 2 rings (SSSR count). The summed E-state index contributed by atoms with van der Waals surface area (Å²) in [5.74, 6) is 0.459. The van der Waals surface area contributed by atoms with Crippen molar-refractivity contribution >= 4 is 5.97 Å². The molecule has 4 nitrogen and oxygen atoms in total. The molecule has 1 aliphatic rings. The first kappa shape index (κ1) is 13.9. The van der Waals surface area contributed by atoms with Gasteiger partial charge in [-0.2, -0.15) is 5.26 Å². The summed E-state index contributed by atoms with van der Waals surface area (Å²) in [6, 6.07) is 9.06. The highest BCUT2D eigenvalue weighted by atomic mass is 16.5. The van der Waals surface area contributed by atoms with Gasteiger partial charge in [0, 0.05) is 5.57 Å². The fourth-order valence-corrected chi connectivity index (χ4v) is 1.90. The number of hydrogen-bond donors (Lipinski definition) is 0. The summed E-state index contributed by atoms with van der Waals surface area (Å²) in [4.78, 5) is 11.3. The summed E-state index contributed by atoms with van der Waals surface area (Å²) in [5.41, 5.74) is 2.43. The summed E-state index contributed by atoms with van der Waals surface area (Å²) in [7, 11) is 1.39. The Morgan fingerprint density at radius 3 is 2.55 bits per heavy atom. The number of carbonyl (C=O) groups is 1. The van der Waals surface area contributed by atoms with E-state index in [1.807, 2.05) is 6.08 Å². The minimum atomic E-state index is -0.270. The van der Waals surface area contributed by atoms with Gasteiger partial charge in [-0.05, 0) is 42.7 Å². The Morgan fingerprint density at radius 2 is 2.00 bits per heavy atom. The molecule has 0 atom stereocenters. The van der Waals surface area contributed by atoms with Gasteiger partial charge in [0.25, 0.3) is 0 Å². The second-order valence-corrected chi connectivity index (χ2v) is 4.43. The maximum Gasteiger partial charge on any atom is 0.333 e. The molecule has 1 aromatic rings. The predicted molar refractivity (Wildman–Crippen MR) is 74.1 cm³/mol. The molecule has 0 unspecified atom stereocenters. The van der Waals surface area contributed by atoms with Gasteiger partial charge in [-0.15, -0.1) is 0 Å². The van der Waals surface area contributed by atoms with Crippen LogP contribution in [0.15, 0.2) is 47.6 Å². The molecule has 4 heteroatoms. The van der Waals surface area contributed by atoms with Gasteiger partial charge in [0.15, 0.2) is 0 Å². The van der Waals surface area contributed by atoms with E-state index >= 15 is 0 Å². The fourth-order valence-electron chi connectivity index (χ4n) is 1.90. The van der Waals surface area contributed by atoms with Crippen LogP contribution in [0, 0.1) is 11.3 Å². The van der Waals surface area contributed by atoms with Crippen LogP contribution in [0.1, 0.15) is 18.4 Å². The largest absolute Gasteiger partial charge is 0.489 e. The molecule has 0 aromatic heterocycles. The fraction of sp³-hybridized carbons (Fsp3) is 0.250. The van der Waals surface area contributed by atoms with Crippen LogP contribution in [0.2, 0.25) is 0 Å². The molecule has 0 saturated heterocycles. The van der Waals surface area contributed by atoms with E-state index in [1.54, 1.807) is 30.3 Å². The molecule has 20 heavy (non-hydrogen) atoms. The Bertz CT molecular complexity index is 591. The first-order valence-corrected chi connectivity index (χ1v) is 6.33. The molecule has 1 aromatic carbocycles. The lowest BCUT2D eigenvalue weighted by atomic mass is 9.99. The molecule has 0 fully saturated rings. The summed E-state index contributed by atoms with van der Waals surface area (Å²) >= 11 is 0. The molecule has 0 N–H and O–H groups in total. The summed E-state index contributed by atoms with van der Waals surface area (Å²) in [5, 5.41) is 8.71. The van der Waals surface area contributed by atoms with Crippen LogP contribution < -0.4 is 4.74 Å².